The average molecular weight is 149 g/mol. The maximum absolute atomic E-state index is 10.3. The fourth-order valence-corrected chi connectivity index (χ4v) is 0.564. The number of hydrogen-bond donors (Lipinski definition) is 3. The first kappa shape index (κ1) is 8.94. The number of thiol groups is 1. The maximum Gasteiger partial charge on any atom is 0.202 e. The van der Waals surface area contributed by atoms with Crippen LogP contribution in [0, 0.1) is 0 Å². The third kappa shape index (κ3) is 4.44. The van der Waals surface area contributed by atoms with Crippen LogP contribution < -0.4 is 5.73 Å². The monoisotopic (exact) mass is 149 g/mol. The molecule has 0 rings (SSSR count). The van der Waals surface area contributed by atoms with Crippen LogP contribution in [0.25, 0.3) is 0 Å². The molecule has 3 N–H and O–H groups in total. The summed E-state index contributed by atoms with van der Waals surface area (Å²) in [5, 5.41) is 7.99. The van der Waals surface area contributed by atoms with Crippen molar-refractivity contribution in [2.45, 2.75) is 18.9 Å². The van der Waals surface area contributed by atoms with Gasteiger partial charge in [-0.25, -0.2) is 0 Å². The van der Waals surface area contributed by atoms with Gasteiger partial charge in [0.25, 0.3) is 0 Å². The van der Waals surface area contributed by atoms with Gasteiger partial charge in [-0.2, -0.15) is 0 Å². The molecule has 0 amide bonds. The Morgan fingerprint density at radius 1 is 1.78 bits per heavy atom. The molecule has 0 fully saturated rings. The smallest absolute Gasteiger partial charge is 0.202 e. The van der Waals surface area contributed by atoms with Crippen LogP contribution in [0.3, 0.4) is 0 Å². The van der Waals surface area contributed by atoms with Gasteiger partial charge < -0.3 is 10.8 Å². The van der Waals surface area contributed by atoms with Crippen molar-refractivity contribution in [3.8, 4) is 0 Å². The number of aliphatic hydroxyl groups excluding tert-OH is 1. The Morgan fingerprint density at radius 2 is 2.33 bits per heavy atom. The minimum atomic E-state index is -0.513. The van der Waals surface area contributed by atoms with Gasteiger partial charge in [0.15, 0.2) is 0 Å². The predicted molar refractivity (Wildman–Crippen MR) is 38.3 cm³/mol. The van der Waals surface area contributed by atoms with Crippen molar-refractivity contribution in [3.63, 3.8) is 0 Å². The molecule has 0 radical (unpaired) electrons. The van der Waals surface area contributed by atoms with Crippen LogP contribution in [0.2, 0.25) is 0 Å². The molecular weight excluding hydrogens is 138 g/mol. The Bertz CT molecular complexity index is 97.0. The minimum Gasteiger partial charge on any atom is -0.396 e. The fraction of sp³-hybridized carbons (Fsp3) is 0.800. The highest BCUT2D eigenvalue weighted by Gasteiger charge is 2.06. The van der Waals surface area contributed by atoms with E-state index in [4.69, 9.17) is 10.8 Å². The Labute approximate surface area is 59.6 Å². The molecule has 0 aromatic carbocycles. The molecule has 0 aliphatic heterocycles. The van der Waals surface area contributed by atoms with E-state index in [0.29, 0.717) is 12.8 Å². The zero-order chi connectivity index (χ0) is 7.28. The fourth-order valence-electron chi connectivity index (χ4n) is 0.435. The van der Waals surface area contributed by atoms with E-state index in [1.807, 2.05) is 0 Å². The standard InChI is InChI=1S/C5H11NO2S/c6-4(5(8)9)2-1-3-7/h4,7H,1-3,6H2,(H,8,9)/t4-/m0/s1. The van der Waals surface area contributed by atoms with Gasteiger partial charge in [-0.1, -0.05) is 0 Å². The summed E-state index contributed by atoms with van der Waals surface area (Å²) < 4.78 is 0. The first-order chi connectivity index (χ1) is 4.18. The molecule has 0 aromatic rings. The molecule has 0 saturated carbocycles. The molecule has 0 unspecified atom stereocenters. The molecule has 1 atom stereocenters. The van der Waals surface area contributed by atoms with Crippen LogP contribution in [0.5, 0.6) is 0 Å². The van der Waals surface area contributed by atoms with Crippen LogP contribution in [0.1, 0.15) is 12.8 Å². The molecule has 0 bridgehead atoms. The van der Waals surface area contributed by atoms with Gasteiger partial charge in [0.1, 0.15) is 0 Å². The van der Waals surface area contributed by atoms with Crippen LogP contribution in [-0.2, 0) is 4.79 Å². The molecule has 0 aliphatic rings. The normalized spacial score (nSPS) is 13.2. The topological polar surface area (TPSA) is 63.3 Å². The SMILES string of the molecule is N[C@@H](CCCO)C(=O)S. The number of carbonyl (C=O) groups excluding carboxylic acids is 1. The van der Waals surface area contributed by atoms with E-state index in [9.17, 15) is 4.79 Å². The van der Waals surface area contributed by atoms with E-state index in [1.165, 1.54) is 0 Å². The number of hydrogen-bond acceptors (Lipinski definition) is 3. The van der Waals surface area contributed by atoms with Crippen LogP contribution in [0.15, 0.2) is 0 Å². The van der Waals surface area contributed by atoms with E-state index in [-0.39, 0.29) is 11.7 Å². The highest BCUT2D eigenvalue weighted by atomic mass is 32.1. The highest BCUT2D eigenvalue weighted by Crippen LogP contribution is 1.96. The Kier molecular flexibility index (Phi) is 4.75. The number of aliphatic hydroxyl groups is 1. The van der Waals surface area contributed by atoms with Gasteiger partial charge in [-0.3, -0.25) is 4.79 Å². The molecular formula is C5H11NO2S. The van der Waals surface area contributed by atoms with E-state index in [2.05, 4.69) is 12.6 Å². The summed E-state index contributed by atoms with van der Waals surface area (Å²) >= 11 is 3.52. The van der Waals surface area contributed by atoms with Crippen molar-refractivity contribution in [3.05, 3.63) is 0 Å². The van der Waals surface area contributed by atoms with E-state index < -0.39 is 6.04 Å². The van der Waals surface area contributed by atoms with Crippen molar-refractivity contribution in [1.82, 2.24) is 0 Å². The van der Waals surface area contributed by atoms with E-state index >= 15 is 0 Å². The second-order valence-corrected chi connectivity index (χ2v) is 2.25. The predicted octanol–water partition coefficient (Wildman–Crippen LogP) is -0.457. The molecule has 54 valence electrons. The third-order valence-corrected chi connectivity index (χ3v) is 1.32. The molecule has 0 spiro atoms. The lowest BCUT2D eigenvalue weighted by Crippen LogP contribution is -2.26. The summed E-state index contributed by atoms with van der Waals surface area (Å²) in [5.41, 5.74) is 5.27. The van der Waals surface area contributed by atoms with Crippen LogP contribution in [0.4, 0.5) is 0 Å². The zero-order valence-electron chi connectivity index (χ0n) is 5.08. The van der Waals surface area contributed by atoms with Crippen molar-refractivity contribution in [2.75, 3.05) is 6.61 Å². The van der Waals surface area contributed by atoms with Crippen molar-refractivity contribution in [2.24, 2.45) is 5.73 Å². The Balaban J connectivity index is 3.27. The van der Waals surface area contributed by atoms with Crippen LogP contribution >= 0.6 is 12.6 Å². The molecule has 0 aliphatic carbocycles. The number of carbonyl (C=O) groups is 1. The van der Waals surface area contributed by atoms with E-state index in [0.717, 1.165) is 0 Å². The molecule has 0 saturated heterocycles. The molecule has 4 heteroatoms. The number of nitrogens with two attached hydrogens (primary N) is 1. The summed E-state index contributed by atoms with van der Waals surface area (Å²) in [6.07, 6.45) is 1.08. The largest absolute Gasteiger partial charge is 0.396 e. The second-order valence-electron chi connectivity index (χ2n) is 1.81. The summed E-state index contributed by atoms with van der Waals surface area (Å²) in [6.45, 7) is 0.0781. The quantitative estimate of drug-likeness (QED) is 0.474. The Morgan fingerprint density at radius 3 is 2.67 bits per heavy atom. The van der Waals surface area contributed by atoms with E-state index in [1.54, 1.807) is 0 Å². The molecule has 0 aromatic heterocycles. The van der Waals surface area contributed by atoms with Gasteiger partial charge in [0.05, 0.1) is 6.04 Å². The lowest BCUT2D eigenvalue weighted by atomic mass is 10.2. The second kappa shape index (κ2) is 4.78. The lowest BCUT2D eigenvalue weighted by molar-refractivity contribution is -0.112. The molecule has 9 heavy (non-hydrogen) atoms. The summed E-state index contributed by atoms with van der Waals surface area (Å²) in [6, 6.07) is -0.513. The van der Waals surface area contributed by atoms with Crippen molar-refractivity contribution in [1.29, 1.82) is 0 Å². The summed E-state index contributed by atoms with van der Waals surface area (Å²) in [4.78, 5) is 10.3. The van der Waals surface area contributed by atoms with Crippen molar-refractivity contribution < 1.29 is 9.90 Å². The lowest BCUT2D eigenvalue weighted by Gasteiger charge is -2.02. The van der Waals surface area contributed by atoms with Gasteiger partial charge in [0, 0.05) is 6.61 Å². The molecule has 0 heterocycles. The first-order valence-electron chi connectivity index (χ1n) is 2.77. The summed E-state index contributed by atoms with van der Waals surface area (Å²) in [5.74, 6) is 0. The highest BCUT2D eigenvalue weighted by molar-refractivity contribution is 7.96. The first-order valence-corrected chi connectivity index (χ1v) is 3.22. The van der Waals surface area contributed by atoms with Gasteiger partial charge in [-0.05, 0) is 12.8 Å². The van der Waals surface area contributed by atoms with Gasteiger partial charge in [0.2, 0.25) is 5.12 Å². The Hall–Kier alpha value is -0.0600. The zero-order valence-corrected chi connectivity index (χ0v) is 5.97. The van der Waals surface area contributed by atoms with Crippen LogP contribution in [-0.4, -0.2) is 22.9 Å². The maximum atomic E-state index is 10.3. The molecule has 3 nitrogen and oxygen atoms in total. The average Bonchev–Trinajstić information content (AvgIpc) is 1.82. The minimum absolute atomic E-state index is 0.0781. The number of rotatable bonds is 4. The third-order valence-electron chi connectivity index (χ3n) is 0.990. The summed E-state index contributed by atoms with van der Waals surface area (Å²) in [7, 11) is 0. The van der Waals surface area contributed by atoms with Crippen molar-refractivity contribution >= 4 is 17.7 Å². The van der Waals surface area contributed by atoms with Gasteiger partial charge >= 0.3 is 0 Å². The van der Waals surface area contributed by atoms with Gasteiger partial charge in [-0.15, -0.1) is 12.6 Å².